The Bertz CT molecular complexity index is 2600. The van der Waals surface area contributed by atoms with Gasteiger partial charge in [-0.2, -0.15) is 0 Å². The Hall–Kier alpha value is -8.15. The molecule has 1 saturated heterocycles. The van der Waals surface area contributed by atoms with Crippen LogP contribution in [-0.2, 0) is 62.4 Å². The molecule has 0 bridgehead atoms. The van der Waals surface area contributed by atoms with Crippen LogP contribution in [-0.4, -0.2) is 140 Å². The zero-order valence-corrected chi connectivity index (χ0v) is 41.6. The number of unbranched alkanes of at least 4 members (excludes halogenated alkanes) is 2. The molecule has 0 spiro atoms. The van der Waals surface area contributed by atoms with E-state index in [-0.39, 0.29) is 70.4 Å². The van der Waals surface area contributed by atoms with E-state index in [4.69, 9.17) is 17.2 Å². The number of carboxylic acid groups (broad SMARTS) is 1. The molecule has 24 nitrogen and oxygen atoms in total. The highest BCUT2D eigenvalue weighted by Crippen LogP contribution is 2.21. The van der Waals surface area contributed by atoms with Crippen LogP contribution in [0.2, 0.25) is 0 Å². The van der Waals surface area contributed by atoms with E-state index in [2.05, 4.69) is 51.8 Å². The number of nitrogens with one attached hydrogen (secondary N) is 8. The number of para-hydroxylation sites is 1. The molecule has 0 unspecified atom stereocenters. The topological polar surface area (TPSA) is 384 Å². The zero-order valence-electron chi connectivity index (χ0n) is 41.6. The van der Waals surface area contributed by atoms with Crippen molar-refractivity contribution < 1.29 is 48.3 Å². The maximum absolute atomic E-state index is 15.4. The Morgan fingerprint density at radius 3 is 1.99 bits per heavy atom. The number of aliphatic imine (C=N–C) groups is 1. The quantitative estimate of drug-likeness (QED) is 0.0283. The molecule has 0 radical (unpaired) electrons. The van der Waals surface area contributed by atoms with Gasteiger partial charge in [-0.3, -0.25) is 53.0 Å². The number of aromatic nitrogens is 3. The third kappa shape index (κ3) is 16.7. The van der Waals surface area contributed by atoms with Gasteiger partial charge in [-0.25, -0.2) is 4.98 Å². The maximum Gasteiger partial charge on any atom is 0.306 e. The molecule has 5 rings (SSSR count). The van der Waals surface area contributed by atoms with Crippen LogP contribution in [0.15, 0.2) is 78.3 Å². The normalized spacial score (nSPS) is 20.7. The van der Waals surface area contributed by atoms with Crippen LogP contribution in [0.3, 0.4) is 0 Å². The standard InChI is InChI=1S/C50H68N14O10/c1-3-4-16-36(58-29(2)65)48(73)64-41(25-42(66)67)47(72)63-40(24-32-27-54-28-57-32)46(71)61-38(22-30-13-6-5-7-14-30)44(69)59-35(19-12-21-55-50(52)53)43(68)62-39(23-31-26-56-34-17-9-8-15-33(31)34)45(70)60-37(49(64)74)18-10-11-20-51/h5-9,13-15,17,26-28,35-41,56H,3-4,10-12,16,18-25,51H2,1-2H3,(H,54,57)(H,58,65)(H,59,69)(H,60,70)(H,61,71)(H,62,68)(H,63,72)(H,66,67)(H4,52,53,55)/t35-,36+,37-,38-,39+,40-,41+/m1/s1. The Balaban J connectivity index is 1.73. The van der Waals surface area contributed by atoms with E-state index in [1.165, 1.54) is 12.5 Å². The molecule has 7 atom stereocenters. The van der Waals surface area contributed by atoms with Crippen LogP contribution in [0.4, 0.5) is 0 Å². The van der Waals surface area contributed by atoms with Gasteiger partial charge in [-0.05, 0) is 62.3 Å². The highest BCUT2D eigenvalue weighted by Gasteiger charge is 2.44. The monoisotopic (exact) mass is 1020 g/mol. The number of guanidine groups is 1. The Morgan fingerprint density at radius 2 is 1.35 bits per heavy atom. The van der Waals surface area contributed by atoms with Crippen LogP contribution in [0.5, 0.6) is 0 Å². The summed E-state index contributed by atoms with van der Waals surface area (Å²) in [5.41, 5.74) is 19.2. The van der Waals surface area contributed by atoms with Crippen LogP contribution in [0.1, 0.15) is 88.5 Å². The fourth-order valence-electron chi connectivity index (χ4n) is 8.62. The fourth-order valence-corrected chi connectivity index (χ4v) is 8.62. The minimum absolute atomic E-state index is 0.0358. The highest BCUT2D eigenvalue weighted by molar-refractivity contribution is 6.07. The number of fused-ring (bicyclic) bond motifs is 1. The van der Waals surface area contributed by atoms with E-state index in [1.807, 2.05) is 13.0 Å². The van der Waals surface area contributed by atoms with Crippen LogP contribution >= 0.6 is 0 Å². The molecule has 74 heavy (non-hydrogen) atoms. The third-order valence-electron chi connectivity index (χ3n) is 12.4. The fraction of sp³-hybridized carbons (Fsp3) is 0.460. The number of benzene rings is 2. The molecule has 8 amide bonds. The third-order valence-corrected chi connectivity index (χ3v) is 12.4. The lowest BCUT2D eigenvalue weighted by Gasteiger charge is -2.35. The average molecular weight is 1030 g/mol. The second kappa shape index (κ2) is 28.2. The van der Waals surface area contributed by atoms with Crippen LogP contribution in [0.25, 0.3) is 10.9 Å². The number of imide groups is 1. The smallest absolute Gasteiger partial charge is 0.306 e. The molecule has 3 heterocycles. The first-order chi connectivity index (χ1) is 35.5. The van der Waals surface area contributed by atoms with Crippen LogP contribution < -0.4 is 49.1 Å². The van der Waals surface area contributed by atoms with Crippen molar-refractivity contribution in [2.45, 2.75) is 133 Å². The molecule has 2 aromatic heterocycles. The number of hydrogen-bond donors (Lipinski definition) is 12. The van der Waals surface area contributed by atoms with Gasteiger partial charge in [-0.1, -0.05) is 68.3 Å². The molecular formula is C50H68N14O10. The summed E-state index contributed by atoms with van der Waals surface area (Å²) in [6.07, 6.45) is 3.73. The van der Waals surface area contributed by atoms with E-state index < -0.39 is 102 Å². The number of carboxylic acids is 1. The van der Waals surface area contributed by atoms with Gasteiger partial charge in [-0.15, -0.1) is 0 Å². The number of hydrogen-bond acceptors (Lipinski definition) is 12. The average Bonchev–Trinajstić information content (AvgIpc) is 4.04. The summed E-state index contributed by atoms with van der Waals surface area (Å²) in [7, 11) is 0. The number of amides is 8. The molecule has 24 heteroatoms. The van der Waals surface area contributed by atoms with Crippen molar-refractivity contribution >= 4 is 70.1 Å². The number of H-pyrrole nitrogens is 2. The molecular weight excluding hydrogens is 957 g/mol. The lowest BCUT2D eigenvalue weighted by Crippen LogP contribution is -2.65. The van der Waals surface area contributed by atoms with E-state index in [0.717, 1.165) is 6.92 Å². The van der Waals surface area contributed by atoms with Gasteiger partial charge in [0.25, 0.3) is 11.8 Å². The Kier molecular flexibility index (Phi) is 21.6. The van der Waals surface area contributed by atoms with E-state index in [0.29, 0.717) is 51.9 Å². The second-order valence-corrected chi connectivity index (χ2v) is 18.1. The van der Waals surface area contributed by atoms with Crippen molar-refractivity contribution in [3.63, 3.8) is 0 Å². The van der Waals surface area contributed by atoms with Crippen molar-refractivity contribution in [1.29, 1.82) is 0 Å². The van der Waals surface area contributed by atoms with Crippen molar-refractivity contribution in [3.05, 3.63) is 90.1 Å². The van der Waals surface area contributed by atoms with Crippen molar-refractivity contribution in [3.8, 4) is 0 Å². The lowest BCUT2D eigenvalue weighted by atomic mass is 9.99. The number of rotatable bonds is 21. The van der Waals surface area contributed by atoms with Crippen molar-refractivity contribution in [2.75, 3.05) is 13.1 Å². The largest absolute Gasteiger partial charge is 0.481 e. The number of carbonyl (C=O) groups is 9. The van der Waals surface area contributed by atoms with Gasteiger partial charge in [0.2, 0.25) is 35.4 Å². The molecule has 1 aliphatic heterocycles. The summed E-state index contributed by atoms with van der Waals surface area (Å²) in [5.74, 6) is -9.71. The first-order valence-corrected chi connectivity index (χ1v) is 24.7. The van der Waals surface area contributed by atoms with Crippen molar-refractivity contribution in [2.24, 2.45) is 22.2 Å². The summed E-state index contributed by atoms with van der Waals surface area (Å²) >= 11 is 0. The number of nitrogens with two attached hydrogens (primary N) is 3. The van der Waals surface area contributed by atoms with Crippen LogP contribution in [0, 0.1) is 0 Å². The van der Waals surface area contributed by atoms with E-state index in [9.17, 15) is 38.7 Å². The van der Waals surface area contributed by atoms with Gasteiger partial charge >= 0.3 is 5.97 Å². The zero-order chi connectivity index (χ0) is 53.7. The highest BCUT2D eigenvalue weighted by atomic mass is 16.4. The van der Waals surface area contributed by atoms with Gasteiger partial charge < -0.3 is 64.2 Å². The first kappa shape index (κ1) is 56.8. The summed E-state index contributed by atoms with van der Waals surface area (Å²) in [6, 6.07) is 4.51. The van der Waals surface area contributed by atoms with Gasteiger partial charge in [0.1, 0.15) is 42.3 Å². The second-order valence-electron chi connectivity index (χ2n) is 18.1. The van der Waals surface area contributed by atoms with Gasteiger partial charge in [0, 0.05) is 61.7 Å². The van der Waals surface area contributed by atoms with E-state index >= 15 is 9.59 Å². The molecule has 4 aromatic rings. The summed E-state index contributed by atoms with van der Waals surface area (Å²) in [5, 5.41) is 27.1. The molecule has 0 aliphatic carbocycles. The molecule has 0 saturated carbocycles. The van der Waals surface area contributed by atoms with Gasteiger partial charge in [0.05, 0.1) is 12.7 Å². The number of aliphatic carboxylic acids is 1. The SMILES string of the molecule is CCCC[C@H](NC(C)=O)C(=O)N1C(=O)[C@@H](CCCCN)NC(=O)[C@H](Cc2c[nH]c3ccccc23)NC(=O)[C@@H](CCCN=C(N)N)NC(=O)[C@@H](Cc2ccccc2)NC(=O)[C@@H](Cc2cnc[nH]2)NC(=O)[C@@H]1CC(=O)O. The molecule has 1 aliphatic rings. The summed E-state index contributed by atoms with van der Waals surface area (Å²) in [6.45, 7) is 3.17. The predicted molar refractivity (Wildman–Crippen MR) is 272 cm³/mol. The number of imidazole rings is 1. The summed E-state index contributed by atoms with van der Waals surface area (Å²) in [4.78, 5) is 144. The lowest BCUT2D eigenvalue weighted by molar-refractivity contribution is -0.158. The Labute approximate surface area is 427 Å². The minimum Gasteiger partial charge on any atom is -0.481 e. The van der Waals surface area contributed by atoms with Gasteiger partial charge in [0.15, 0.2) is 5.96 Å². The summed E-state index contributed by atoms with van der Waals surface area (Å²) < 4.78 is 0. The minimum atomic E-state index is -2.19. The predicted octanol–water partition coefficient (Wildman–Crippen LogP) is -0.568. The number of nitrogens with zero attached hydrogens (tertiary/aromatic N) is 3. The maximum atomic E-state index is 15.4. The molecule has 398 valence electrons. The van der Waals surface area contributed by atoms with Crippen molar-refractivity contribution in [1.82, 2.24) is 51.8 Å². The molecule has 1 fully saturated rings. The van der Waals surface area contributed by atoms with E-state index in [1.54, 1.807) is 54.7 Å². The molecule has 15 N–H and O–H groups in total. The first-order valence-electron chi connectivity index (χ1n) is 24.7. The molecule has 2 aromatic carbocycles. The Morgan fingerprint density at radius 1 is 0.743 bits per heavy atom. The number of carbonyl (C=O) groups excluding carboxylic acids is 8. The number of aromatic amines is 2.